The first-order valence-corrected chi connectivity index (χ1v) is 8.28. The van der Waals surface area contributed by atoms with E-state index in [1.807, 2.05) is 36.1 Å². The van der Waals surface area contributed by atoms with Crippen molar-refractivity contribution >= 4 is 17.4 Å². The molecule has 0 aliphatic carbocycles. The lowest BCUT2D eigenvalue weighted by molar-refractivity contribution is 0.0739. The molecule has 0 spiro atoms. The maximum Gasteiger partial charge on any atom is 0.268 e. The molecule has 116 valence electrons. The number of likely N-dealkylation sites (tertiary alicyclic amines) is 1. The number of amides is 1. The number of ether oxygens (including phenoxy) is 1. The van der Waals surface area contributed by atoms with E-state index in [2.05, 4.69) is 9.59 Å². The number of rotatable bonds is 4. The summed E-state index contributed by atoms with van der Waals surface area (Å²) in [5, 5.41) is 4.05. The van der Waals surface area contributed by atoms with Crippen molar-refractivity contribution < 1.29 is 9.53 Å². The second-order valence-electron chi connectivity index (χ2n) is 5.33. The van der Waals surface area contributed by atoms with E-state index in [-0.39, 0.29) is 11.9 Å². The van der Waals surface area contributed by atoms with Crippen LogP contribution in [0.15, 0.2) is 24.3 Å². The highest BCUT2D eigenvalue weighted by Crippen LogP contribution is 2.34. The normalized spacial score (nSPS) is 17.7. The smallest absolute Gasteiger partial charge is 0.268 e. The maximum atomic E-state index is 12.8. The highest BCUT2D eigenvalue weighted by molar-refractivity contribution is 7.08. The van der Waals surface area contributed by atoms with Crippen LogP contribution in [-0.2, 0) is 6.42 Å². The lowest BCUT2D eigenvalue weighted by atomic mass is 10.0. The van der Waals surface area contributed by atoms with Gasteiger partial charge in [-0.3, -0.25) is 4.79 Å². The quantitative estimate of drug-likeness (QED) is 0.869. The van der Waals surface area contributed by atoms with Crippen molar-refractivity contribution in [2.45, 2.75) is 32.2 Å². The molecule has 1 amide bonds. The summed E-state index contributed by atoms with van der Waals surface area (Å²) in [4.78, 5) is 15.5. The predicted octanol–water partition coefficient (Wildman–Crippen LogP) is 3.09. The average molecular weight is 317 g/mol. The van der Waals surface area contributed by atoms with Crippen molar-refractivity contribution in [1.29, 1.82) is 0 Å². The third kappa shape index (κ3) is 2.70. The summed E-state index contributed by atoms with van der Waals surface area (Å²) >= 11 is 1.20. The summed E-state index contributed by atoms with van der Waals surface area (Å²) in [7, 11) is 1.66. The van der Waals surface area contributed by atoms with Crippen LogP contribution < -0.4 is 4.74 Å². The van der Waals surface area contributed by atoms with Crippen molar-refractivity contribution in [3.05, 3.63) is 40.4 Å². The van der Waals surface area contributed by atoms with E-state index in [4.69, 9.17) is 4.74 Å². The van der Waals surface area contributed by atoms with E-state index in [0.29, 0.717) is 4.88 Å². The van der Waals surface area contributed by atoms with Gasteiger partial charge in [-0.25, -0.2) is 0 Å². The van der Waals surface area contributed by atoms with Crippen molar-refractivity contribution in [1.82, 2.24) is 14.5 Å². The minimum Gasteiger partial charge on any atom is -0.497 e. The van der Waals surface area contributed by atoms with Gasteiger partial charge in [-0.15, -0.1) is 5.10 Å². The zero-order valence-electron chi connectivity index (χ0n) is 12.8. The van der Waals surface area contributed by atoms with E-state index in [9.17, 15) is 4.79 Å². The monoisotopic (exact) mass is 317 g/mol. The summed E-state index contributed by atoms with van der Waals surface area (Å²) in [5.41, 5.74) is 1.96. The number of aryl methyl sites for hydroxylation is 1. The summed E-state index contributed by atoms with van der Waals surface area (Å²) in [6.07, 6.45) is 2.75. The fourth-order valence-corrected chi connectivity index (χ4v) is 3.62. The highest BCUT2D eigenvalue weighted by atomic mass is 32.1. The molecular weight excluding hydrogens is 298 g/mol. The number of carbonyl (C=O) groups excluding carboxylic acids is 1. The lowest BCUT2D eigenvalue weighted by Crippen LogP contribution is -2.30. The first kappa shape index (κ1) is 15.0. The molecule has 1 fully saturated rings. The Kier molecular flexibility index (Phi) is 4.38. The third-order valence-electron chi connectivity index (χ3n) is 4.10. The molecule has 0 radical (unpaired) electrons. The number of carbonyl (C=O) groups is 1. The van der Waals surface area contributed by atoms with Crippen LogP contribution in [0.1, 0.15) is 46.7 Å². The standard InChI is InChI=1S/C16H19N3O2S/c1-3-13-15(22-18-17-13)16(20)19-10-4-5-14(19)11-6-8-12(21-2)9-7-11/h6-9,14H,3-5,10H2,1-2H3. The summed E-state index contributed by atoms with van der Waals surface area (Å²) in [5.74, 6) is 0.893. The van der Waals surface area contributed by atoms with Gasteiger partial charge in [-0.05, 0) is 48.5 Å². The van der Waals surface area contributed by atoms with Crippen LogP contribution in [0.4, 0.5) is 0 Å². The van der Waals surface area contributed by atoms with Gasteiger partial charge in [0.2, 0.25) is 0 Å². The summed E-state index contributed by atoms with van der Waals surface area (Å²) in [6, 6.07) is 8.11. The van der Waals surface area contributed by atoms with Gasteiger partial charge < -0.3 is 9.64 Å². The molecule has 3 rings (SSSR count). The zero-order chi connectivity index (χ0) is 15.5. The van der Waals surface area contributed by atoms with Crippen molar-refractivity contribution in [2.75, 3.05) is 13.7 Å². The first-order valence-electron chi connectivity index (χ1n) is 7.50. The minimum absolute atomic E-state index is 0.0603. The van der Waals surface area contributed by atoms with E-state index >= 15 is 0 Å². The number of methoxy groups -OCH3 is 1. The number of hydrogen-bond donors (Lipinski definition) is 0. The van der Waals surface area contributed by atoms with Crippen molar-refractivity contribution in [3.8, 4) is 5.75 Å². The second-order valence-corrected chi connectivity index (χ2v) is 6.09. The van der Waals surface area contributed by atoms with Gasteiger partial charge in [0.15, 0.2) is 0 Å². The molecular formula is C16H19N3O2S. The maximum absolute atomic E-state index is 12.8. The van der Waals surface area contributed by atoms with Gasteiger partial charge in [-0.1, -0.05) is 23.5 Å². The highest BCUT2D eigenvalue weighted by Gasteiger charge is 2.32. The number of nitrogens with zero attached hydrogens (tertiary/aromatic N) is 3. The van der Waals surface area contributed by atoms with Crippen LogP contribution in [0, 0.1) is 0 Å². The Morgan fingerprint density at radius 2 is 2.18 bits per heavy atom. The first-order chi connectivity index (χ1) is 10.7. The van der Waals surface area contributed by atoms with E-state index in [1.54, 1.807) is 7.11 Å². The van der Waals surface area contributed by atoms with Gasteiger partial charge in [0.05, 0.1) is 18.8 Å². The molecule has 1 saturated heterocycles. The van der Waals surface area contributed by atoms with Gasteiger partial charge in [0.25, 0.3) is 5.91 Å². The number of aromatic nitrogens is 2. The molecule has 5 nitrogen and oxygen atoms in total. The minimum atomic E-state index is 0.0603. The van der Waals surface area contributed by atoms with Crippen LogP contribution in [0.5, 0.6) is 5.75 Å². The summed E-state index contributed by atoms with van der Waals surface area (Å²) in [6.45, 7) is 2.79. The average Bonchev–Trinajstić information content (AvgIpc) is 3.23. The van der Waals surface area contributed by atoms with Crippen LogP contribution in [0.3, 0.4) is 0 Å². The Bertz CT molecular complexity index is 654. The third-order valence-corrected chi connectivity index (χ3v) is 4.86. The Hall–Kier alpha value is -1.95. The molecule has 2 heterocycles. The number of hydrogen-bond acceptors (Lipinski definition) is 5. The fraction of sp³-hybridized carbons (Fsp3) is 0.438. The fourth-order valence-electron chi connectivity index (χ4n) is 2.92. The van der Waals surface area contributed by atoms with Gasteiger partial charge in [0.1, 0.15) is 10.6 Å². The van der Waals surface area contributed by atoms with Crippen molar-refractivity contribution in [3.63, 3.8) is 0 Å². The van der Waals surface area contributed by atoms with Gasteiger partial charge in [-0.2, -0.15) is 0 Å². The molecule has 0 saturated carbocycles. The summed E-state index contributed by atoms with van der Waals surface area (Å²) < 4.78 is 9.13. The Balaban J connectivity index is 1.84. The molecule has 2 aromatic rings. The largest absolute Gasteiger partial charge is 0.497 e. The molecule has 1 aliphatic heterocycles. The molecule has 0 N–H and O–H groups in total. The van der Waals surface area contributed by atoms with Crippen LogP contribution >= 0.6 is 11.5 Å². The van der Waals surface area contributed by atoms with E-state index in [1.165, 1.54) is 11.5 Å². The Labute approximate surface area is 134 Å². The van der Waals surface area contributed by atoms with Crippen molar-refractivity contribution in [2.24, 2.45) is 0 Å². The molecule has 0 bridgehead atoms. The molecule has 22 heavy (non-hydrogen) atoms. The van der Waals surface area contributed by atoms with Crippen LogP contribution in [0.2, 0.25) is 0 Å². The molecule has 1 aromatic carbocycles. The molecule has 6 heteroatoms. The van der Waals surface area contributed by atoms with E-state index in [0.717, 1.165) is 42.8 Å². The predicted molar refractivity (Wildman–Crippen MR) is 85.3 cm³/mol. The van der Waals surface area contributed by atoms with Crippen LogP contribution in [0.25, 0.3) is 0 Å². The lowest BCUT2D eigenvalue weighted by Gasteiger charge is -2.24. The van der Waals surface area contributed by atoms with Gasteiger partial charge >= 0.3 is 0 Å². The SMILES string of the molecule is CCc1nnsc1C(=O)N1CCCC1c1ccc(OC)cc1. The van der Waals surface area contributed by atoms with Crippen LogP contribution in [-0.4, -0.2) is 34.0 Å². The molecule has 1 aliphatic rings. The number of benzene rings is 1. The van der Waals surface area contributed by atoms with Gasteiger partial charge in [0, 0.05) is 6.54 Å². The molecule has 1 aromatic heterocycles. The molecule has 1 unspecified atom stereocenters. The van der Waals surface area contributed by atoms with E-state index < -0.39 is 0 Å². The zero-order valence-corrected chi connectivity index (χ0v) is 13.6. The second kappa shape index (κ2) is 6.44. The Morgan fingerprint density at radius 3 is 2.86 bits per heavy atom. The topological polar surface area (TPSA) is 55.3 Å². The molecule has 1 atom stereocenters. The Morgan fingerprint density at radius 1 is 1.41 bits per heavy atom.